The van der Waals surface area contributed by atoms with E-state index in [1.807, 2.05) is 60.7 Å². The molecule has 0 atom stereocenters. The highest BCUT2D eigenvalue weighted by molar-refractivity contribution is 6.12. The molecule has 0 unspecified atom stereocenters. The molecule has 0 fully saturated rings. The van der Waals surface area contributed by atoms with Crippen molar-refractivity contribution in [1.82, 2.24) is 92.7 Å². The van der Waals surface area contributed by atoms with Gasteiger partial charge >= 0.3 is 0 Å². The van der Waals surface area contributed by atoms with Gasteiger partial charge in [-0.15, -0.1) is 0 Å². The van der Waals surface area contributed by atoms with E-state index >= 15 is 0 Å². The number of imidazole rings is 16. The zero-order valence-electron chi connectivity index (χ0n) is 69.8. The van der Waals surface area contributed by atoms with Crippen LogP contribution in [0.15, 0.2) is 356 Å². The number of anilines is 3. The fourth-order valence-electron chi connectivity index (χ4n) is 21.2. The lowest BCUT2D eigenvalue weighted by molar-refractivity contribution is 0.591. The summed E-state index contributed by atoms with van der Waals surface area (Å²) in [7, 11) is 0. The van der Waals surface area contributed by atoms with Crippen LogP contribution in [0.4, 0.5) is 17.1 Å². The van der Waals surface area contributed by atoms with Crippen LogP contribution in [0.3, 0.4) is 0 Å². The Labute approximate surface area is 731 Å². The van der Waals surface area contributed by atoms with E-state index in [0.717, 1.165) is 229 Å². The van der Waals surface area contributed by atoms with Crippen LogP contribution < -0.4 is 4.90 Å². The summed E-state index contributed by atoms with van der Waals surface area (Å²) in [5, 5.41) is 2.26. The van der Waals surface area contributed by atoms with Gasteiger partial charge in [0.05, 0.1) is 138 Å². The first kappa shape index (κ1) is 69.5. The number of nitrogens with zero attached hydrogens (tertiary/aromatic N) is 21. The van der Waals surface area contributed by atoms with Crippen LogP contribution in [0.1, 0.15) is 26.3 Å². The zero-order valence-corrected chi connectivity index (χ0v) is 69.8. The second-order valence-corrected chi connectivity index (χ2v) is 35.0. The lowest BCUT2D eigenvalue weighted by Gasteiger charge is -2.25. The van der Waals surface area contributed by atoms with Crippen LogP contribution in [0.2, 0.25) is 0 Å². The number of furan rings is 1. The topological polar surface area (TPSA) is 172 Å². The van der Waals surface area contributed by atoms with Gasteiger partial charge in [0, 0.05) is 22.1 Å². The van der Waals surface area contributed by atoms with E-state index in [0.29, 0.717) is 0 Å². The van der Waals surface area contributed by atoms with Gasteiger partial charge in [0.1, 0.15) is 33.2 Å². The lowest BCUT2D eigenvalue weighted by atomic mass is 9.86. The SMILES string of the molecule is CC(C)(C)c1cc2c3c(c1)n1c4ccccc4nc1n3c1nc3ccccc3n21.c1ccc(N(c2ccccc2)c2cc3c4c(c2)n2c5ccccc5nc2n4c2nc4ccccc4n32)cc1.c1ccc2c(c1)nc1n2c2cc(-c3ccc4oc5ccccc5c4c3)cc3c2n1c1nc2ccccc2n31.c1ccc2c(c1)nc1n2c2cccc3c2n1c1nc2ccccc2n31. The molecule has 0 spiro atoms. The van der Waals surface area contributed by atoms with Gasteiger partial charge in [-0.3, -0.25) is 35.2 Å². The molecular weight excluding hydrogens is 1610 g/mol. The summed E-state index contributed by atoms with van der Waals surface area (Å²) in [6.07, 6.45) is 0. The normalized spacial score (nSPS) is 12.7. The summed E-state index contributed by atoms with van der Waals surface area (Å²) in [6.45, 7) is 6.80. The van der Waals surface area contributed by atoms with Crippen molar-refractivity contribution in [2.45, 2.75) is 26.2 Å². The minimum absolute atomic E-state index is 0.0363. The van der Waals surface area contributed by atoms with E-state index < -0.39 is 0 Å². The fourth-order valence-corrected chi connectivity index (χ4v) is 21.2. The number of hydrogen-bond acceptors (Lipinski definition) is 10. The molecule has 0 saturated carbocycles. The van der Waals surface area contributed by atoms with E-state index in [1.54, 1.807) is 0 Å². The van der Waals surface area contributed by atoms with Gasteiger partial charge in [0.2, 0.25) is 46.2 Å². The van der Waals surface area contributed by atoms with Crippen molar-refractivity contribution in [3.63, 3.8) is 0 Å². The molecule has 0 saturated heterocycles. The third-order valence-electron chi connectivity index (χ3n) is 26.8. The van der Waals surface area contributed by atoms with E-state index in [-0.39, 0.29) is 5.41 Å². The maximum Gasteiger partial charge on any atom is 0.223 e. The Balaban J connectivity index is 0.0000000848. The molecule has 17 heterocycles. The van der Waals surface area contributed by atoms with Crippen molar-refractivity contribution in [2.75, 3.05) is 4.90 Å². The lowest BCUT2D eigenvalue weighted by Crippen LogP contribution is -2.11. The van der Waals surface area contributed by atoms with Crippen LogP contribution in [0, 0.1) is 0 Å². The predicted molar refractivity (Wildman–Crippen MR) is 521 cm³/mol. The van der Waals surface area contributed by atoms with Crippen molar-refractivity contribution in [2.24, 2.45) is 0 Å². The average molecular weight is 1670 g/mol. The highest BCUT2D eigenvalue weighted by atomic mass is 16.3. The van der Waals surface area contributed by atoms with E-state index in [2.05, 4.69) is 370 Å². The molecule has 17 aromatic heterocycles. The molecule has 0 aliphatic carbocycles. The number of aromatic nitrogens is 20. The van der Waals surface area contributed by atoms with E-state index in [9.17, 15) is 0 Å². The molecule has 0 aliphatic rings. The molecule has 22 heteroatoms. The van der Waals surface area contributed by atoms with Gasteiger partial charge in [-0.05, 0) is 210 Å². The average Bonchev–Trinajstić information content (AvgIpc) is 1.48. The Morgan fingerprint density at radius 1 is 0.200 bits per heavy atom. The molecule has 16 aromatic carbocycles. The number of fused-ring (bicyclic) bond motifs is 43. The number of para-hydroxylation sites is 20. The van der Waals surface area contributed by atoms with Gasteiger partial charge < -0.3 is 9.32 Å². The van der Waals surface area contributed by atoms with Crippen molar-refractivity contribution in [3.8, 4) is 11.1 Å². The molecule has 610 valence electrons. The van der Waals surface area contributed by atoms with Gasteiger partial charge in [-0.2, -0.15) is 0 Å². The van der Waals surface area contributed by atoms with Gasteiger partial charge in [0.25, 0.3) is 0 Å². The Hall–Kier alpha value is -17.9. The summed E-state index contributed by atoms with van der Waals surface area (Å²) in [4.78, 5) is 42.4. The van der Waals surface area contributed by atoms with Crippen LogP contribution in [-0.4, -0.2) is 92.7 Å². The van der Waals surface area contributed by atoms with Crippen LogP contribution >= 0.6 is 0 Å². The maximum atomic E-state index is 6.11. The predicted octanol–water partition coefficient (Wildman–Crippen LogP) is 24.9. The summed E-state index contributed by atoms with van der Waals surface area (Å²) in [5.74, 6) is 7.18. The van der Waals surface area contributed by atoms with E-state index in [1.165, 1.54) is 27.6 Å². The first-order valence-electron chi connectivity index (χ1n) is 43.7. The Morgan fingerprint density at radius 2 is 0.462 bits per heavy atom. The molecule has 0 radical (unpaired) electrons. The standard InChI is InChI=1S/C32H20N6.C32H17N5O.C24H19N5.C20H11N5/c1-3-11-21(12-4-1)35(22-13-5-2-6-14-22)23-19-28-30-29(20-23)37-27-18-10-8-16-25(27)34-32(37)38(30)31-33-24-15-7-9-17-26(24)36(28)31;1-6-12-28-20(7-1)21-15-18(13-14-29(21)38-28)19-16-26-30-27(17-19)36-25-11-5-3-9-23(25)34-32(36)37(30)31-33-22-8-2-4-10-24(22)35(26)31;1-24(2,3)14-12-19-21-20(13-14)28-18-11-7-5-9-16(18)26-23(28)29(21)22-25-15-8-4-6-10-17(15)27(19)22;1-3-8-14-12(6-1)21-19-23(14)16-10-5-11-17-18(16)25(19)20-22-13-7-2-4-9-15(13)24(17)20/h1-20H;1-17H;4-13H,1-3H3;1-11H. The smallest absolute Gasteiger partial charge is 0.223 e. The highest BCUT2D eigenvalue weighted by Crippen LogP contribution is 2.46. The van der Waals surface area contributed by atoms with Crippen molar-refractivity contribution >= 4 is 240 Å². The molecular formula is C108H67N21O. The molecule has 22 nitrogen and oxygen atoms in total. The maximum absolute atomic E-state index is 6.11. The monoisotopic (exact) mass is 1670 g/mol. The summed E-state index contributed by atoms with van der Waals surface area (Å²) in [5.41, 5.74) is 39.2. The third-order valence-corrected chi connectivity index (χ3v) is 26.8. The Morgan fingerprint density at radius 3 is 0.792 bits per heavy atom. The van der Waals surface area contributed by atoms with Crippen molar-refractivity contribution in [1.29, 1.82) is 0 Å². The third kappa shape index (κ3) is 9.16. The van der Waals surface area contributed by atoms with Crippen LogP contribution in [0.25, 0.3) is 234 Å². The molecule has 0 bridgehead atoms. The Bertz CT molecular complexity index is 10100. The van der Waals surface area contributed by atoms with Gasteiger partial charge in [-0.1, -0.05) is 185 Å². The first-order valence-corrected chi connectivity index (χ1v) is 43.7. The molecule has 130 heavy (non-hydrogen) atoms. The quantitative estimate of drug-likeness (QED) is 0.165. The minimum Gasteiger partial charge on any atom is -0.456 e. The summed E-state index contributed by atoms with van der Waals surface area (Å²) >= 11 is 0. The minimum atomic E-state index is 0.0363. The van der Waals surface area contributed by atoms with E-state index in [4.69, 9.17) is 44.3 Å². The number of benzene rings is 16. The number of rotatable bonds is 4. The van der Waals surface area contributed by atoms with Gasteiger partial charge in [-0.25, -0.2) is 57.5 Å². The molecule has 0 amide bonds. The van der Waals surface area contributed by atoms with Gasteiger partial charge in [0.15, 0.2) is 0 Å². The number of hydrogen-bond donors (Lipinski definition) is 0. The molecule has 33 rings (SSSR count). The largest absolute Gasteiger partial charge is 0.456 e. The Kier molecular flexibility index (Phi) is 13.4. The summed E-state index contributed by atoms with van der Waals surface area (Å²) < 4.78 is 33.1. The van der Waals surface area contributed by atoms with Crippen molar-refractivity contribution < 1.29 is 4.42 Å². The summed E-state index contributed by atoms with van der Waals surface area (Å²) in [6, 6.07) is 123. The van der Waals surface area contributed by atoms with Crippen LogP contribution in [0.5, 0.6) is 0 Å². The molecule has 33 aromatic rings. The fraction of sp³-hybridized carbons (Fsp3) is 0.0370. The molecule has 0 aliphatic heterocycles. The van der Waals surface area contributed by atoms with Crippen molar-refractivity contribution in [3.05, 3.63) is 357 Å². The highest BCUT2D eigenvalue weighted by Gasteiger charge is 2.32. The second-order valence-electron chi connectivity index (χ2n) is 35.0. The zero-order chi connectivity index (χ0) is 84.9. The van der Waals surface area contributed by atoms with Crippen LogP contribution in [-0.2, 0) is 5.41 Å². The molecule has 0 N–H and O–H groups in total. The second kappa shape index (κ2) is 25.0. The first-order chi connectivity index (χ1) is 64.1.